The summed E-state index contributed by atoms with van der Waals surface area (Å²) < 4.78 is 11.0. The Balaban J connectivity index is 1.26. The van der Waals surface area contributed by atoms with Gasteiger partial charge in [0.05, 0.1) is 13.2 Å². The number of morpholine rings is 1. The van der Waals surface area contributed by atoms with E-state index in [4.69, 9.17) is 21.1 Å². The number of ether oxygens (including phenoxy) is 2. The Kier molecular flexibility index (Phi) is 8.31. The summed E-state index contributed by atoms with van der Waals surface area (Å²) in [5.74, 6) is 0.217. The van der Waals surface area contributed by atoms with E-state index in [0.717, 1.165) is 38.4 Å². The van der Waals surface area contributed by atoms with Crippen molar-refractivity contribution in [3.8, 4) is 5.75 Å². The third-order valence-corrected chi connectivity index (χ3v) is 5.94. The summed E-state index contributed by atoms with van der Waals surface area (Å²) in [5.41, 5.74) is 3.39. The van der Waals surface area contributed by atoms with Crippen molar-refractivity contribution in [1.82, 2.24) is 10.2 Å². The standard InChI is InChI=1S/C27H27ClN2O4/c28-24-9-5-20(6-10-24)27(32)21-7-11-25(12-8-21)34-19-26(31)29-17-22-3-1-2-4-23(22)18-30-13-15-33-16-14-30/h1-12H,13-19H2,(H,29,31). The van der Waals surface area contributed by atoms with Crippen LogP contribution in [0, 0.1) is 0 Å². The van der Waals surface area contributed by atoms with Crippen molar-refractivity contribution in [2.75, 3.05) is 32.9 Å². The normalized spacial score (nSPS) is 13.9. The summed E-state index contributed by atoms with van der Waals surface area (Å²) in [4.78, 5) is 27.3. The Morgan fingerprint density at radius 3 is 2.18 bits per heavy atom. The highest BCUT2D eigenvalue weighted by molar-refractivity contribution is 6.30. The number of hydrogen-bond donors (Lipinski definition) is 1. The Bertz CT molecular complexity index is 1110. The van der Waals surface area contributed by atoms with E-state index in [-0.39, 0.29) is 18.3 Å². The van der Waals surface area contributed by atoms with Gasteiger partial charge < -0.3 is 14.8 Å². The van der Waals surface area contributed by atoms with Crippen LogP contribution in [-0.4, -0.2) is 49.5 Å². The van der Waals surface area contributed by atoms with E-state index >= 15 is 0 Å². The van der Waals surface area contributed by atoms with Gasteiger partial charge in [-0.3, -0.25) is 14.5 Å². The Hall–Kier alpha value is -3.19. The highest BCUT2D eigenvalue weighted by Gasteiger charge is 2.13. The van der Waals surface area contributed by atoms with Gasteiger partial charge in [0, 0.05) is 42.3 Å². The summed E-state index contributed by atoms with van der Waals surface area (Å²) >= 11 is 5.88. The largest absolute Gasteiger partial charge is 0.484 e. The van der Waals surface area contributed by atoms with Crippen molar-refractivity contribution in [1.29, 1.82) is 0 Å². The van der Waals surface area contributed by atoms with Crippen LogP contribution in [0.1, 0.15) is 27.0 Å². The van der Waals surface area contributed by atoms with Crippen LogP contribution in [0.25, 0.3) is 0 Å². The molecule has 176 valence electrons. The molecule has 0 aliphatic carbocycles. The molecule has 3 aromatic carbocycles. The van der Waals surface area contributed by atoms with E-state index < -0.39 is 0 Å². The van der Waals surface area contributed by atoms with Crippen LogP contribution < -0.4 is 10.1 Å². The predicted molar refractivity (Wildman–Crippen MR) is 131 cm³/mol. The molecule has 1 heterocycles. The molecule has 0 aromatic heterocycles. The van der Waals surface area contributed by atoms with Gasteiger partial charge in [-0.05, 0) is 59.7 Å². The van der Waals surface area contributed by atoms with Gasteiger partial charge >= 0.3 is 0 Å². The first-order chi connectivity index (χ1) is 16.6. The molecule has 1 aliphatic rings. The molecule has 1 amide bonds. The van der Waals surface area contributed by atoms with Crippen LogP contribution in [0.15, 0.2) is 72.8 Å². The fourth-order valence-corrected chi connectivity index (χ4v) is 3.87. The topological polar surface area (TPSA) is 67.9 Å². The minimum atomic E-state index is -0.206. The number of hydrogen-bond acceptors (Lipinski definition) is 5. The molecule has 1 saturated heterocycles. The van der Waals surface area contributed by atoms with E-state index in [1.54, 1.807) is 48.5 Å². The molecule has 1 aliphatic heterocycles. The molecule has 4 rings (SSSR count). The van der Waals surface area contributed by atoms with Crippen LogP contribution in [-0.2, 0) is 22.6 Å². The van der Waals surface area contributed by atoms with Gasteiger partial charge in [-0.25, -0.2) is 0 Å². The van der Waals surface area contributed by atoms with E-state index in [9.17, 15) is 9.59 Å². The molecule has 0 bridgehead atoms. The fraction of sp³-hybridized carbons (Fsp3) is 0.259. The number of ketones is 1. The van der Waals surface area contributed by atoms with E-state index in [1.807, 2.05) is 18.2 Å². The zero-order valence-electron chi connectivity index (χ0n) is 18.8. The van der Waals surface area contributed by atoms with Gasteiger partial charge in [0.1, 0.15) is 5.75 Å². The van der Waals surface area contributed by atoms with Crippen molar-refractivity contribution >= 4 is 23.3 Å². The highest BCUT2D eigenvalue weighted by Crippen LogP contribution is 2.17. The molecule has 0 spiro atoms. The molecule has 0 radical (unpaired) electrons. The molecular formula is C27H27ClN2O4. The molecule has 34 heavy (non-hydrogen) atoms. The van der Waals surface area contributed by atoms with Gasteiger partial charge in [-0.1, -0.05) is 35.9 Å². The monoisotopic (exact) mass is 478 g/mol. The first-order valence-electron chi connectivity index (χ1n) is 11.3. The first-order valence-corrected chi connectivity index (χ1v) is 11.6. The van der Waals surface area contributed by atoms with Gasteiger partial charge in [0.25, 0.3) is 5.91 Å². The molecule has 1 N–H and O–H groups in total. The van der Waals surface area contributed by atoms with E-state index in [0.29, 0.717) is 28.4 Å². The molecule has 1 fully saturated rings. The van der Waals surface area contributed by atoms with Crippen LogP contribution in [0.5, 0.6) is 5.75 Å². The summed E-state index contributed by atoms with van der Waals surface area (Å²) in [6.45, 7) is 4.52. The van der Waals surface area contributed by atoms with Crippen molar-refractivity contribution in [2.45, 2.75) is 13.1 Å². The summed E-state index contributed by atoms with van der Waals surface area (Å²) in [5, 5.41) is 3.51. The molecule has 0 saturated carbocycles. The first kappa shape index (κ1) is 24.0. The lowest BCUT2D eigenvalue weighted by molar-refractivity contribution is -0.123. The smallest absolute Gasteiger partial charge is 0.258 e. The SMILES string of the molecule is O=C(COc1ccc(C(=O)c2ccc(Cl)cc2)cc1)NCc1ccccc1CN1CCOCC1. The second kappa shape index (κ2) is 11.8. The minimum absolute atomic E-state index is 0.100. The summed E-state index contributed by atoms with van der Waals surface area (Å²) in [7, 11) is 0. The Labute approximate surface area is 204 Å². The average Bonchev–Trinajstić information content (AvgIpc) is 2.88. The third-order valence-electron chi connectivity index (χ3n) is 5.68. The predicted octanol–water partition coefficient (Wildman–Crippen LogP) is 4.10. The lowest BCUT2D eigenvalue weighted by Crippen LogP contribution is -2.36. The van der Waals surface area contributed by atoms with Gasteiger partial charge in [0.15, 0.2) is 12.4 Å². The van der Waals surface area contributed by atoms with Crippen molar-refractivity contribution in [3.05, 3.63) is 100 Å². The van der Waals surface area contributed by atoms with Crippen molar-refractivity contribution < 1.29 is 19.1 Å². The number of benzene rings is 3. The molecule has 0 atom stereocenters. The van der Waals surface area contributed by atoms with Crippen LogP contribution in [0.4, 0.5) is 0 Å². The number of nitrogens with one attached hydrogen (secondary N) is 1. The van der Waals surface area contributed by atoms with Gasteiger partial charge in [0.2, 0.25) is 0 Å². The zero-order chi connectivity index (χ0) is 23.8. The van der Waals surface area contributed by atoms with E-state index in [2.05, 4.69) is 16.3 Å². The number of rotatable bonds is 9. The number of carbonyl (C=O) groups excluding carboxylic acids is 2. The highest BCUT2D eigenvalue weighted by atomic mass is 35.5. The zero-order valence-corrected chi connectivity index (χ0v) is 19.6. The van der Waals surface area contributed by atoms with Gasteiger partial charge in [-0.2, -0.15) is 0 Å². The molecule has 3 aromatic rings. The van der Waals surface area contributed by atoms with Crippen LogP contribution in [0.3, 0.4) is 0 Å². The van der Waals surface area contributed by atoms with Crippen molar-refractivity contribution in [3.63, 3.8) is 0 Å². The number of carbonyl (C=O) groups is 2. The van der Waals surface area contributed by atoms with Crippen LogP contribution in [0.2, 0.25) is 5.02 Å². The molecular weight excluding hydrogens is 452 g/mol. The molecule has 0 unspecified atom stereocenters. The summed E-state index contributed by atoms with van der Waals surface area (Å²) in [6.07, 6.45) is 0. The Morgan fingerprint density at radius 1 is 0.882 bits per heavy atom. The average molecular weight is 479 g/mol. The second-order valence-corrected chi connectivity index (χ2v) is 8.52. The van der Waals surface area contributed by atoms with Crippen molar-refractivity contribution in [2.24, 2.45) is 0 Å². The number of nitrogens with zero attached hydrogens (tertiary/aromatic N) is 1. The lowest BCUT2D eigenvalue weighted by Gasteiger charge is -2.27. The minimum Gasteiger partial charge on any atom is -0.484 e. The maximum atomic E-state index is 12.6. The lowest BCUT2D eigenvalue weighted by atomic mass is 10.0. The quantitative estimate of drug-likeness (QED) is 0.469. The van der Waals surface area contributed by atoms with E-state index in [1.165, 1.54) is 5.56 Å². The van der Waals surface area contributed by atoms with Gasteiger partial charge in [-0.15, -0.1) is 0 Å². The third kappa shape index (κ3) is 6.67. The molecule has 6 nitrogen and oxygen atoms in total. The maximum Gasteiger partial charge on any atom is 0.258 e. The second-order valence-electron chi connectivity index (χ2n) is 8.08. The number of halogens is 1. The summed E-state index contributed by atoms with van der Waals surface area (Å²) in [6, 6.07) is 21.6. The fourth-order valence-electron chi connectivity index (χ4n) is 3.75. The molecule has 7 heteroatoms. The maximum absolute atomic E-state index is 12.6. The van der Waals surface area contributed by atoms with Crippen LogP contribution >= 0.6 is 11.6 Å². The number of amides is 1. The Morgan fingerprint density at radius 2 is 1.50 bits per heavy atom.